The van der Waals surface area contributed by atoms with E-state index in [0.717, 1.165) is 52.5 Å². The van der Waals surface area contributed by atoms with Crippen LogP contribution in [0.3, 0.4) is 0 Å². The first-order valence-electron chi connectivity index (χ1n) is 8.92. The average Bonchev–Trinajstić information content (AvgIpc) is 2.55. The molecular formula is C17H35Cl2N3O2. The van der Waals surface area contributed by atoms with Gasteiger partial charge in [0.1, 0.15) is 0 Å². The number of carbonyl (C=O) groups is 1. The van der Waals surface area contributed by atoms with Gasteiger partial charge in [0.15, 0.2) is 0 Å². The molecule has 2 N–H and O–H groups in total. The summed E-state index contributed by atoms with van der Waals surface area (Å²) in [5.41, 5.74) is 0. The van der Waals surface area contributed by atoms with E-state index in [1.54, 1.807) is 0 Å². The van der Waals surface area contributed by atoms with Gasteiger partial charge in [0.05, 0.1) is 13.2 Å². The minimum atomic E-state index is 0. The first-order valence-corrected chi connectivity index (χ1v) is 8.92. The fourth-order valence-electron chi connectivity index (χ4n) is 3.52. The Morgan fingerprint density at radius 1 is 1.21 bits per heavy atom. The fourth-order valence-corrected chi connectivity index (χ4v) is 3.52. The van der Waals surface area contributed by atoms with Gasteiger partial charge >= 0.3 is 0 Å². The number of nitrogens with one attached hydrogen (secondary N) is 2. The van der Waals surface area contributed by atoms with Gasteiger partial charge in [-0.25, -0.2) is 0 Å². The summed E-state index contributed by atoms with van der Waals surface area (Å²) in [7, 11) is 0. The number of ether oxygens (including phenoxy) is 1. The van der Waals surface area contributed by atoms with Gasteiger partial charge in [-0.3, -0.25) is 9.69 Å². The monoisotopic (exact) mass is 383 g/mol. The molecule has 2 fully saturated rings. The zero-order valence-electron chi connectivity index (χ0n) is 15.1. The summed E-state index contributed by atoms with van der Waals surface area (Å²) in [6, 6.07) is 0. The van der Waals surface area contributed by atoms with Gasteiger partial charge in [0, 0.05) is 32.6 Å². The van der Waals surface area contributed by atoms with E-state index < -0.39 is 0 Å². The minimum Gasteiger partial charge on any atom is -0.379 e. The maximum Gasteiger partial charge on any atom is 0.220 e. The molecule has 2 unspecified atom stereocenters. The van der Waals surface area contributed by atoms with E-state index in [2.05, 4.69) is 29.4 Å². The number of hydrogen-bond donors (Lipinski definition) is 2. The Hall–Kier alpha value is -0.0700. The van der Waals surface area contributed by atoms with Crippen LogP contribution >= 0.6 is 24.8 Å². The number of morpholine rings is 1. The van der Waals surface area contributed by atoms with Crippen LogP contribution in [0.2, 0.25) is 0 Å². The number of carbonyl (C=O) groups excluding carboxylic acids is 1. The topological polar surface area (TPSA) is 53.6 Å². The molecule has 1 amide bonds. The first kappa shape index (κ1) is 23.9. The molecule has 0 radical (unpaired) electrons. The number of nitrogens with zero attached hydrogens (tertiary/aromatic N) is 1. The highest BCUT2D eigenvalue weighted by Gasteiger charge is 2.22. The standard InChI is InChI=1S/C17H33N3O2.2ClH/c1-14(13-20-7-9-22-10-8-20)12-19-17(21)11-15(2)16-3-5-18-6-4-16;;/h14-16,18H,3-13H2,1-2H3,(H,19,21);2*1H. The molecule has 0 bridgehead atoms. The predicted octanol–water partition coefficient (Wildman–Crippen LogP) is 1.94. The van der Waals surface area contributed by atoms with E-state index in [-0.39, 0.29) is 30.7 Å². The molecule has 2 aliphatic rings. The van der Waals surface area contributed by atoms with Crippen molar-refractivity contribution in [1.82, 2.24) is 15.5 Å². The quantitative estimate of drug-likeness (QED) is 0.705. The maximum absolute atomic E-state index is 12.1. The molecule has 7 heteroatoms. The highest BCUT2D eigenvalue weighted by Crippen LogP contribution is 2.24. The SMILES string of the molecule is CC(CNC(=O)CC(C)C1CCNCC1)CN1CCOCC1.Cl.Cl. The van der Waals surface area contributed by atoms with E-state index in [9.17, 15) is 4.79 Å². The van der Waals surface area contributed by atoms with Crippen LogP contribution in [-0.4, -0.2) is 63.3 Å². The van der Waals surface area contributed by atoms with Crippen molar-refractivity contribution in [2.24, 2.45) is 17.8 Å². The molecule has 0 spiro atoms. The van der Waals surface area contributed by atoms with E-state index in [1.165, 1.54) is 12.8 Å². The lowest BCUT2D eigenvalue weighted by Crippen LogP contribution is -2.41. The zero-order valence-corrected chi connectivity index (χ0v) is 16.7. The second-order valence-corrected chi connectivity index (χ2v) is 7.09. The molecule has 2 rings (SSSR count). The van der Waals surface area contributed by atoms with Crippen LogP contribution in [-0.2, 0) is 9.53 Å². The molecule has 0 aromatic rings. The van der Waals surface area contributed by atoms with Crippen molar-refractivity contribution in [3.8, 4) is 0 Å². The second-order valence-electron chi connectivity index (χ2n) is 7.09. The smallest absolute Gasteiger partial charge is 0.220 e. The Morgan fingerprint density at radius 3 is 2.46 bits per heavy atom. The zero-order chi connectivity index (χ0) is 15.8. The van der Waals surface area contributed by atoms with Gasteiger partial charge in [-0.1, -0.05) is 13.8 Å². The number of rotatable bonds is 7. The summed E-state index contributed by atoms with van der Waals surface area (Å²) in [5, 5.41) is 6.52. The molecule has 24 heavy (non-hydrogen) atoms. The highest BCUT2D eigenvalue weighted by atomic mass is 35.5. The second kappa shape index (κ2) is 13.2. The molecule has 2 heterocycles. The number of piperidine rings is 1. The largest absolute Gasteiger partial charge is 0.379 e. The lowest BCUT2D eigenvalue weighted by Gasteiger charge is -2.29. The summed E-state index contributed by atoms with van der Waals surface area (Å²) in [4.78, 5) is 14.6. The van der Waals surface area contributed by atoms with Crippen LogP contribution in [0.25, 0.3) is 0 Å². The summed E-state index contributed by atoms with van der Waals surface area (Å²) in [6.07, 6.45) is 3.10. The third kappa shape index (κ3) is 8.86. The number of hydrogen-bond acceptors (Lipinski definition) is 4. The molecule has 0 aromatic heterocycles. The van der Waals surface area contributed by atoms with E-state index >= 15 is 0 Å². The van der Waals surface area contributed by atoms with Crippen molar-refractivity contribution in [2.45, 2.75) is 33.1 Å². The Morgan fingerprint density at radius 2 is 1.83 bits per heavy atom. The molecule has 2 saturated heterocycles. The van der Waals surface area contributed by atoms with Crippen molar-refractivity contribution in [3.63, 3.8) is 0 Å². The maximum atomic E-state index is 12.1. The van der Waals surface area contributed by atoms with E-state index in [0.29, 0.717) is 24.2 Å². The van der Waals surface area contributed by atoms with Crippen molar-refractivity contribution in [3.05, 3.63) is 0 Å². The molecule has 0 aliphatic carbocycles. The molecule has 2 aliphatic heterocycles. The molecule has 2 atom stereocenters. The Labute approximate surface area is 159 Å². The van der Waals surface area contributed by atoms with Crippen molar-refractivity contribution >= 4 is 30.7 Å². The average molecular weight is 384 g/mol. The van der Waals surface area contributed by atoms with Crippen LogP contribution in [0, 0.1) is 17.8 Å². The molecule has 0 aromatic carbocycles. The van der Waals surface area contributed by atoms with Crippen molar-refractivity contribution in [2.75, 3.05) is 52.5 Å². The minimum absolute atomic E-state index is 0. The van der Waals surface area contributed by atoms with Crippen LogP contribution in [0.15, 0.2) is 0 Å². The summed E-state index contributed by atoms with van der Waals surface area (Å²) in [5.74, 6) is 1.92. The van der Waals surface area contributed by atoms with Crippen LogP contribution < -0.4 is 10.6 Å². The van der Waals surface area contributed by atoms with Gasteiger partial charge in [0.25, 0.3) is 0 Å². The van der Waals surface area contributed by atoms with Gasteiger partial charge in [-0.15, -0.1) is 24.8 Å². The normalized spacial score (nSPS) is 21.9. The highest BCUT2D eigenvalue weighted by molar-refractivity contribution is 5.85. The number of halogens is 2. The number of amides is 1. The molecular weight excluding hydrogens is 349 g/mol. The predicted molar refractivity (Wildman–Crippen MR) is 103 cm³/mol. The molecule has 144 valence electrons. The van der Waals surface area contributed by atoms with Crippen LogP contribution in [0.5, 0.6) is 0 Å². The summed E-state index contributed by atoms with van der Waals surface area (Å²) < 4.78 is 5.36. The lowest BCUT2D eigenvalue weighted by molar-refractivity contribution is -0.122. The molecule has 0 saturated carbocycles. The Balaban J connectivity index is 0.00000264. The van der Waals surface area contributed by atoms with Gasteiger partial charge in [0.2, 0.25) is 5.91 Å². The van der Waals surface area contributed by atoms with Gasteiger partial charge < -0.3 is 15.4 Å². The fraction of sp³-hybridized carbons (Fsp3) is 0.941. The van der Waals surface area contributed by atoms with Gasteiger partial charge in [-0.2, -0.15) is 0 Å². The molecule has 5 nitrogen and oxygen atoms in total. The Kier molecular flexibility index (Phi) is 13.1. The van der Waals surface area contributed by atoms with Crippen LogP contribution in [0.1, 0.15) is 33.1 Å². The third-order valence-corrected chi connectivity index (χ3v) is 5.02. The van der Waals surface area contributed by atoms with E-state index in [4.69, 9.17) is 4.74 Å². The summed E-state index contributed by atoms with van der Waals surface area (Å²) >= 11 is 0. The summed E-state index contributed by atoms with van der Waals surface area (Å²) in [6.45, 7) is 12.2. The Bertz CT molecular complexity index is 336. The van der Waals surface area contributed by atoms with E-state index in [1.807, 2.05) is 0 Å². The van der Waals surface area contributed by atoms with Crippen molar-refractivity contribution < 1.29 is 9.53 Å². The van der Waals surface area contributed by atoms with Crippen LogP contribution in [0.4, 0.5) is 0 Å². The first-order chi connectivity index (χ1) is 10.6. The third-order valence-electron chi connectivity index (χ3n) is 5.02. The van der Waals surface area contributed by atoms with Crippen molar-refractivity contribution in [1.29, 1.82) is 0 Å². The lowest BCUT2D eigenvalue weighted by atomic mass is 9.84. The van der Waals surface area contributed by atoms with Gasteiger partial charge in [-0.05, 0) is 43.7 Å².